The molecule has 0 unspecified atom stereocenters. The van der Waals surface area contributed by atoms with Crippen molar-refractivity contribution < 1.29 is 4.79 Å². The van der Waals surface area contributed by atoms with E-state index in [1.165, 1.54) is 17.5 Å². The lowest BCUT2D eigenvalue weighted by Crippen LogP contribution is -2.43. The topological polar surface area (TPSA) is 35.6 Å². The van der Waals surface area contributed by atoms with Crippen LogP contribution in [0.25, 0.3) is 0 Å². The maximum Gasteiger partial charge on any atom is 0.254 e. The van der Waals surface area contributed by atoms with Gasteiger partial charge in [0.15, 0.2) is 0 Å². The summed E-state index contributed by atoms with van der Waals surface area (Å²) in [5.41, 5.74) is 3.27. The van der Waals surface area contributed by atoms with Crippen LogP contribution in [0.15, 0.2) is 18.2 Å². The van der Waals surface area contributed by atoms with E-state index in [1.807, 2.05) is 4.90 Å². The normalized spacial score (nSPS) is 20.1. The van der Waals surface area contributed by atoms with Crippen LogP contribution in [-0.4, -0.2) is 55.0 Å². The highest BCUT2D eigenvalue weighted by Crippen LogP contribution is 2.19. The zero-order chi connectivity index (χ0) is 15.4. The maximum atomic E-state index is 12.9. The second-order valence-corrected chi connectivity index (χ2v) is 6.54. The van der Waals surface area contributed by atoms with E-state index in [0.717, 1.165) is 64.2 Å². The van der Waals surface area contributed by atoms with Crippen molar-refractivity contribution in [2.75, 3.05) is 39.3 Å². The molecule has 2 aliphatic rings. The molecular weight excluding hydrogens is 274 g/mol. The number of benzene rings is 1. The lowest BCUT2D eigenvalue weighted by molar-refractivity contribution is 0.0721. The van der Waals surface area contributed by atoms with Crippen molar-refractivity contribution in [3.63, 3.8) is 0 Å². The Kier molecular flexibility index (Phi) is 5.11. The molecule has 0 atom stereocenters. The van der Waals surface area contributed by atoms with E-state index in [4.69, 9.17) is 0 Å². The van der Waals surface area contributed by atoms with Gasteiger partial charge in [-0.05, 0) is 37.8 Å². The first-order valence-electron chi connectivity index (χ1n) is 8.56. The number of rotatable bonds is 3. The Bertz CT molecular complexity index is 517. The molecule has 1 amide bonds. The first-order chi connectivity index (χ1) is 10.7. The summed E-state index contributed by atoms with van der Waals surface area (Å²) in [7, 11) is 0. The molecule has 4 heteroatoms. The number of carbonyl (C=O) groups excluding carboxylic acids is 1. The van der Waals surface area contributed by atoms with Crippen LogP contribution in [0.3, 0.4) is 0 Å². The summed E-state index contributed by atoms with van der Waals surface area (Å²) >= 11 is 0. The van der Waals surface area contributed by atoms with Crippen molar-refractivity contribution in [2.45, 2.75) is 32.7 Å². The van der Waals surface area contributed by atoms with Crippen molar-refractivity contribution in [3.8, 4) is 0 Å². The number of amides is 1. The van der Waals surface area contributed by atoms with E-state index in [-0.39, 0.29) is 5.91 Å². The van der Waals surface area contributed by atoms with Gasteiger partial charge in [-0.1, -0.05) is 17.7 Å². The highest BCUT2D eigenvalue weighted by Gasteiger charge is 2.22. The quantitative estimate of drug-likeness (QED) is 0.928. The third kappa shape index (κ3) is 3.68. The van der Waals surface area contributed by atoms with Crippen molar-refractivity contribution in [2.24, 2.45) is 0 Å². The van der Waals surface area contributed by atoms with Gasteiger partial charge in [0.2, 0.25) is 0 Å². The van der Waals surface area contributed by atoms with Gasteiger partial charge in [-0.25, -0.2) is 0 Å². The van der Waals surface area contributed by atoms with E-state index >= 15 is 0 Å². The Hall–Kier alpha value is -1.39. The summed E-state index contributed by atoms with van der Waals surface area (Å²) in [5, 5.41) is 3.38. The lowest BCUT2D eigenvalue weighted by Gasteiger charge is -2.30. The van der Waals surface area contributed by atoms with Crippen LogP contribution in [0.2, 0.25) is 0 Å². The molecule has 3 rings (SSSR count). The van der Waals surface area contributed by atoms with Crippen molar-refractivity contribution in [1.29, 1.82) is 0 Å². The van der Waals surface area contributed by atoms with Crippen LogP contribution in [-0.2, 0) is 6.54 Å². The Morgan fingerprint density at radius 3 is 2.55 bits per heavy atom. The molecule has 0 spiro atoms. The fourth-order valence-corrected chi connectivity index (χ4v) is 3.40. The minimum atomic E-state index is 0.230. The number of nitrogens with zero attached hydrogens (tertiary/aromatic N) is 2. The molecule has 2 heterocycles. The fourth-order valence-electron chi connectivity index (χ4n) is 3.40. The first kappa shape index (κ1) is 15.5. The van der Waals surface area contributed by atoms with E-state index in [0.29, 0.717) is 0 Å². The largest absolute Gasteiger partial charge is 0.339 e. The standard InChI is InChI=1S/C18H27N3O/c1-15-5-6-16(14-20-11-7-19-8-12-20)17(13-15)18(22)21-9-3-2-4-10-21/h5-6,13,19H,2-4,7-12,14H2,1H3. The van der Waals surface area contributed by atoms with E-state index < -0.39 is 0 Å². The number of aryl methyl sites for hydroxylation is 1. The monoisotopic (exact) mass is 301 g/mol. The average molecular weight is 301 g/mol. The summed E-state index contributed by atoms with van der Waals surface area (Å²) in [6, 6.07) is 6.35. The predicted octanol–water partition coefficient (Wildman–Crippen LogP) is 2.03. The van der Waals surface area contributed by atoms with Gasteiger partial charge >= 0.3 is 0 Å². The van der Waals surface area contributed by atoms with Crippen molar-refractivity contribution in [3.05, 3.63) is 34.9 Å². The molecule has 1 aromatic rings. The number of likely N-dealkylation sites (tertiary alicyclic amines) is 1. The second-order valence-electron chi connectivity index (χ2n) is 6.54. The van der Waals surface area contributed by atoms with Crippen LogP contribution in [0, 0.1) is 6.92 Å². The second kappa shape index (κ2) is 7.25. The average Bonchev–Trinajstić information content (AvgIpc) is 2.57. The molecule has 1 N–H and O–H groups in total. The predicted molar refractivity (Wildman–Crippen MR) is 89.1 cm³/mol. The summed E-state index contributed by atoms with van der Waals surface area (Å²) in [4.78, 5) is 17.4. The molecule has 22 heavy (non-hydrogen) atoms. The van der Waals surface area contributed by atoms with Crippen molar-refractivity contribution >= 4 is 5.91 Å². The molecule has 120 valence electrons. The third-order valence-corrected chi connectivity index (χ3v) is 4.74. The summed E-state index contributed by atoms with van der Waals surface area (Å²) in [5.74, 6) is 0.230. The van der Waals surface area contributed by atoms with Crippen LogP contribution < -0.4 is 5.32 Å². The van der Waals surface area contributed by atoms with Crippen LogP contribution >= 0.6 is 0 Å². The number of carbonyl (C=O) groups is 1. The zero-order valence-corrected chi connectivity index (χ0v) is 13.6. The van der Waals surface area contributed by atoms with Crippen LogP contribution in [0.5, 0.6) is 0 Å². The molecule has 0 saturated carbocycles. The van der Waals surface area contributed by atoms with E-state index in [2.05, 4.69) is 35.3 Å². The molecular formula is C18H27N3O. The molecule has 1 aromatic carbocycles. The van der Waals surface area contributed by atoms with Crippen LogP contribution in [0.4, 0.5) is 0 Å². The zero-order valence-electron chi connectivity index (χ0n) is 13.6. The van der Waals surface area contributed by atoms with Gasteiger partial charge in [0.05, 0.1) is 0 Å². The molecule has 0 aliphatic carbocycles. The molecule has 2 fully saturated rings. The fraction of sp³-hybridized carbons (Fsp3) is 0.611. The minimum absolute atomic E-state index is 0.230. The summed E-state index contributed by atoms with van der Waals surface area (Å²) < 4.78 is 0. The first-order valence-corrected chi connectivity index (χ1v) is 8.56. The summed E-state index contributed by atoms with van der Waals surface area (Å²) in [6.45, 7) is 9.00. The van der Waals surface area contributed by atoms with E-state index in [1.54, 1.807) is 0 Å². The molecule has 2 saturated heterocycles. The van der Waals surface area contributed by atoms with Gasteiger partial charge in [-0.15, -0.1) is 0 Å². The van der Waals surface area contributed by atoms with Gasteiger partial charge in [0.25, 0.3) is 5.91 Å². The maximum absolute atomic E-state index is 12.9. The molecule has 4 nitrogen and oxygen atoms in total. The Balaban J connectivity index is 1.78. The Labute approximate surface area is 133 Å². The molecule has 0 aromatic heterocycles. The Morgan fingerprint density at radius 2 is 1.82 bits per heavy atom. The van der Waals surface area contributed by atoms with E-state index in [9.17, 15) is 4.79 Å². The minimum Gasteiger partial charge on any atom is -0.339 e. The number of piperazine rings is 1. The summed E-state index contributed by atoms with van der Waals surface area (Å²) in [6.07, 6.45) is 3.54. The SMILES string of the molecule is Cc1ccc(CN2CCNCC2)c(C(=O)N2CCCCC2)c1. The number of hydrogen-bond donors (Lipinski definition) is 1. The van der Waals surface area contributed by atoms with Crippen LogP contribution in [0.1, 0.15) is 40.7 Å². The van der Waals surface area contributed by atoms with Gasteiger partial charge in [0.1, 0.15) is 0 Å². The highest BCUT2D eigenvalue weighted by atomic mass is 16.2. The van der Waals surface area contributed by atoms with Gasteiger partial charge in [-0.2, -0.15) is 0 Å². The molecule has 2 aliphatic heterocycles. The highest BCUT2D eigenvalue weighted by molar-refractivity contribution is 5.96. The number of piperidine rings is 1. The van der Waals surface area contributed by atoms with Gasteiger partial charge in [-0.3, -0.25) is 9.69 Å². The molecule has 0 bridgehead atoms. The van der Waals surface area contributed by atoms with Gasteiger partial charge in [0, 0.05) is 51.4 Å². The number of hydrogen-bond acceptors (Lipinski definition) is 3. The third-order valence-electron chi connectivity index (χ3n) is 4.74. The smallest absolute Gasteiger partial charge is 0.254 e. The van der Waals surface area contributed by atoms with Gasteiger partial charge < -0.3 is 10.2 Å². The van der Waals surface area contributed by atoms with Crippen molar-refractivity contribution in [1.82, 2.24) is 15.1 Å². The molecule has 0 radical (unpaired) electrons. The number of nitrogens with one attached hydrogen (secondary N) is 1. The Morgan fingerprint density at radius 1 is 1.09 bits per heavy atom. The lowest BCUT2D eigenvalue weighted by atomic mass is 10.0.